The minimum atomic E-state index is -4.71. The summed E-state index contributed by atoms with van der Waals surface area (Å²) in [5, 5.41) is 10.6. The molecule has 1 saturated heterocycles. The second-order valence-electron chi connectivity index (χ2n) is 9.33. The number of fused-ring (bicyclic) bond motifs is 1. The maximum Gasteiger partial charge on any atom is 0.417 e. The molecule has 2 N–H and O–H groups in total. The molecule has 0 unspecified atom stereocenters. The fourth-order valence-electron chi connectivity index (χ4n) is 4.86. The number of aliphatic imine (C=N–C) groups is 1. The lowest BCUT2D eigenvalue weighted by Crippen LogP contribution is -2.49. The average Bonchev–Trinajstić information content (AvgIpc) is 2.97. The summed E-state index contributed by atoms with van der Waals surface area (Å²) >= 11 is 0. The van der Waals surface area contributed by atoms with Gasteiger partial charge in [0.1, 0.15) is 5.82 Å². The van der Waals surface area contributed by atoms with Gasteiger partial charge in [-0.3, -0.25) is 9.59 Å². The molecule has 0 saturated carbocycles. The van der Waals surface area contributed by atoms with E-state index in [1.54, 1.807) is 31.3 Å². The number of carbonyl (C=O) groups excluding carboxylic acids is 1. The molecule has 2 aromatic carbocycles. The Kier molecular flexibility index (Phi) is 7.24. The Morgan fingerprint density at radius 1 is 1.07 bits per heavy atom. The number of amides is 1. The Bertz CT molecular complexity index is 1640. The van der Waals surface area contributed by atoms with Crippen molar-refractivity contribution >= 4 is 40.7 Å². The second kappa shape index (κ2) is 10.8. The number of anilines is 2. The maximum atomic E-state index is 13.9. The van der Waals surface area contributed by atoms with Gasteiger partial charge >= 0.3 is 6.18 Å². The van der Waals surface area contributed by atoms with Gasteiger partial charge in [0.15, 0.2) is 5.82 Å². The van der Waals surface area contributed by atoms with E-state index < -0.39 is 23.2 Å². The van der Waals surface area contributed by atoms with Crippen molar-refractivity contribution in [3.05, 3.63) is 87.3 Å². The third-order valence-corrected chi connectivity index (χ3v) is 6.94. The van der Waals surface area contributed by atoms with Gasteiger partial charge < -0.3 is 15.1 Å². The van der Waals surface area contributed by atoms with Crippen molar-refractivity contribution in [2.45, 2.75) is 12.6 Å². The summed E-state index contributed by atoms with van der Waals surface area (Å²) in [5.41, 5.74) is -0.0787. The van der Waals surface area contributed by atoms with E-state index in [9.17, 15) is 22.8 Å². The van der Waals surface area contributed by atoms with E-state index in [-0.39, 0.29) is 25.1 Å². The first-order valence-electron chi connectivity index (χ1n) is 12.6. The first-order valence-corrected chi connectivity index (χ1v) is 12.6. The quantitative estimate of drug-likeness (QED) is 0.348. The van der Waals surface area contributed by atoms with Gasteiger partial charge in [0, 0.05) is 45.0 Å². The Balaban J connectivity index is 1.39. The fraction of sp³-hybridized carbons (Fsp3) is 0.250. The molecule has 1 aliphatic rings. The van der Waals surface area contributed by atoms with Gasteiger partial charge in [-0.25, -0.2) is 15.1 Å². The van der Waals surface area contributed by atoms with Crippen LogP contribution in [-0.2, 0) is 12.6 Å². The second-order valence-corrected chi connectivity index (χ2v) is 9.33. The van der Waals surface area contributed by atoms with E-state index in [2.05, 4.69) is 32.2 Å². The van der Waals surface area contributed by atoms with Gasteiger partial charge in [0.05, 0.1) is 27.9 Å². The lowest BCUT2D eigenvalue weighted by Gasteiger charge is -2.36. The molecule has 2 aromatic heterocycles. The number of nitrogens with one attached hydrogen (secondary N) is 2. The van der Waals surface area contributed by atoms with Crippen LogP contribution in [0.25, 0.3) is 10.8 Å². The van der Waals surface area contributed by atoms with E-state index in [0.29, 0.717) is 46.8 Å². The topological polar surface area (TPSA) is 107 Å². The van der Waals surface area contributed by atoms with Gasteiger partial charge in [-0.15, -0.1) is 0 Å². The number of aromatic amines is 1. The Labute approximate surface area is 227 Å². The van der Waals surface area contributed by atoms with Crippen molar-refractivity contribution in [3.63, 3.8) is 0 Å². The fourth-order valence-corrected chi connectivity index (χ4v) is 4.86. The van der Waals surface area contributed by atoms with Crippen LogP contribution in [0, 0.1) is 0 Å². The lowest BCUT2D eigenvalue weighted by atomic mass is 9.98. The number of nitrogens with zero attached hydrogens (tertiary/aromatic N) is 5. The van der Waals surface area contributed by atoms with E-state index in [0.717, 1.165) is 11.8 Å². The Morgan fingerprint density at radius 3 is 2.48 bits per heavy atom. The summed E-state index contributed by atoms with van der Waals surface area (Å²) in [5.74, 6) is 0.391. The Hall–Kier alpha value is -4.74. The van der Waals surface area contributed by atoms with Crippen molar-refractivity contribution < 1.29 is 18.0 Å². The molecule has 3 heterocycles. The van der Waals surface area contributed by atoms with Crippen molar-refractivity contribution in [3.8, 4) is 0 Å². The first-order chi connectivity index (χ1) is 19.2. The van der Waals surface area contributed by atoms with Gasteiger partial charge in [-0.1, -0.05) is 24.3 Å². The predicted octanol–water partition coefficient (Wildman–Crippen LogP) is 4.26. The summed E-state index contributed by atoms with van der Waals surface area (Å²) in [7, 11) is 1.75. The number of aromatic nitrogens is 3. The molecule has 0 spiro atoms. The summed E-state index contributed by atoms with van der Waals surface area (Å²) in [6.45, 7) is 4.76. The van der Waals surface area contributed by atoms with Crippen LogP contribution in [0.1, 0.15) is 27.2 Å². The van der Waals surface area contributed by atoms with Crippen molar-refractivity contribution in [2.75, 3.05) is 43.4 Å². The van der Waals surface area contributed by atoms with Crippen LogP contribution < -0.4 is 15.8 Å². The molecule has 9 nitrogen and oxygen atoms in total. The number of rotatable bonds is 6. The normalized spacial score (nSPS) is 13.9. The zero-order chi connectivity index (χ0) is 28.4. The molecule has 1 amide bonds. The number of benzene rings is 2. The molecule has 1 aliphatic heterocycles. The maximum absolute atomic E-state index is 13.9. The molecule has 4 aromatic rings. The molecule has 12 heteroatoms. The van der Waals surface area contributed by atoms with E-state index in [1.165, 1.54) is 17.0 Å². The van der Waals surface area contributed by atoms with Crippen LogP contribution in [-0.4, -0.2) is 65.9 Å². The van der Waals surface area contributed by atoms with Gasteiger partial charge in [-0.2, -0.15) is 18.3 Å². The van der Waals surface area contributed by atoms with Gasteiger partial charge in [0.25, 0.3) is 11.5 Å². The Morgan fingerprint density at radius 2 is 1.80 bits per heavy atom. The highest BCUT2D eigenvalue weighted by molar-refractivity contribution is 5.96. The SMILES string of the molecule is C=Nc1nc(N2CCN(C(=O)c3cc(Cc4n[nH]c(=O)c5ccccc45)ccc3C(F)(F)F)CC2)ccc1NC. The number of carbonyl (C=O) groups is 1. The molecule has 5 rings (SSSR count). The molecule has 0 aliphatic carbocycles. The van der Waals surface area contributed by atoms with Crippen molar-refractivity contribution in [1.29, 1.82) is 0 Å². The number of pyridine rings is 1. The van der Waals surface area contributed by atoms with Crippen molar-refractivity contribution in [1.82, 2.24) is 20.1 Å². The highest BCUT2D eigenvalue weighted by Crippen LogP contribution is 2.34. The standard InChI is InChI=1S/C28H26F3N7O2/c1-32-22-9-10-24(34-25(22)33-2)37-11-13-38(14-12-37)27(40)20-15-17(7-8-21(20)28(29,30)31)16-23-18-5-3-4-6-19(18)26(39)36-35-23/h3-10,15,32H,2,11-14,16H2,1H3,(H,36,39). The van der Waals surface area contributed by atoms with E-state index in [4.69, 9.17) is 0 Å². The number of halogens is 3. The molecular weight excluding hydrogens is 523 g/mol. The third kappa shape index (κ3) is 5.24. The van der Waals surface area contributed by atoms with Crippen LogP contribution in [0.15, 0.2) is 64.4 Å². The number of alkyl halides is 3. The average molecular weight is 550 g/mol. The number of H-pyrrole nitrogens is 1. The highest BCUT2D eigenvalue weighted by atomic mass is 19.4. The van der Waals surface area contributed by atoms with Gasteiger partial charge in [-0.05, 0) is 42.6 Å². The predicted molar refractivity (Wildman–Crippen MR) is 148 cm³/mol. The van der Waals surface area contributed by atoms with Crippen molar-refractivity contribution in [2.24, 2.45) is 4.99 Å². The summed E-state index contributed by atoms with van der Waals surface area (Å²) in [6.07, 6.45) is -4.57. The molecule has 0 bridgehead atoms. The lowest BCUT2D eigenvalue weighted by molar-refractivity contribution is -0.138. The molecule has 40 heavy (non-hydrogen) atoms. The van der Waals surface area contributed by atoms with Crippen LogP contribution in [0.4, 0.5) is 30.5 Å². The highest BCUT2D eigenvalue weighted by Gasteiger charge is 2.37. The van der Waals surface area contributed by atoms with E-state index in [1.807, 2.05) is 17.0 Å². The van der Waals surface area contributed by atoms with Crippen LogP contribution in [0.3, 0.4) is 0 Å². The monoisotopic (exact) mass is 549 g/mol. The third-order valence-electron chi connectivity index (χ3n) is 6.94. The molecule has 1 fully saturated rings. The molecular formula is C28H26F3N7O2. The van der Waals surface area contributed by atoms with E-state index >= 15 is 0 Å². The van der Waals surface area contributed by atoms with Crippen LogP contribution >= 0.6 is 0 Å². The zero-order valence-corrected chi connectivity index (χ0v) is 21.6. The van der Waals surface area contributed by atoms with Crippen LogP contribution in [0.2, 0.25) is 0 Å². The number of hydrogen-bond donors (Lipinski definition) is 2. The first kappa shape index (κ1) is 26.9. The zero-order valence-electron chi connectivity index (χ0n) is 21.6. The number of hydrogen-bond acceptors (Lipinski definition) is 7. The van der Waals surface area contributed by atoms with Gasteiger partial charge in [0.2, 0.25) is 0 Å². The summed E-state index contributed by atoms with van der Waals surface area (Å²) in [4.78, 5) is 37.4. The number of piperazine rings is 1. The molecule has 0 radical (unpaired) electrons. The summed E-state index contributed by atoms with van der Waals surface area (Å²) in [6, 6.07) is 14.1. The smallest absolute Gasteiger partial charge is 0.385 e. The van der Waals surface area contributed by atoms with Crippen LogP contribution in [0.5, 0.6) is 0 Å². The molecule has 0 atom stereocenters. The molecule has 206 valence electrons. The minimum Gasteiger partial charge on any atom is -0.385 e. The summed E-state index contributed by atoms with van der Waals surface area (Å²) < 4.78 is 41.8. The largest absolute Gasteiger partial charge is 0.417 e. The minimum absolute atomic E-state index is 0.136.